The van der Waals surface area contributed by atoms with Crippen LogP contribution >= 0.6 is 0 Å². The molecule has 4 rings (SSSR count). The first kappa shape index (κ1) is 15.8. The lowest BCUT2D eigenvalue weighted by molar-refractivity contribution is 0.0931. The number of hydrogen-bond donors (Lipinski definition) is 1. The lowest BCUT2D eigenvalue weighted by Gasteiger charge is -2.13. The number of pyridine rings is 1. The van der Waals surface area contributed by atoms with Crippen LogP contribution in [-0.4, -0.2) is 22.6 Å². The van der Waals surface area contributed by atoms with Crippen LogP contribution in [0.5, 0.6) is 11.5 Å². The molecule has 1 N–H and O–H groups in total. The van der Waals surface area contributed by atoms with Crippen LogP contribution in [0.1, 0.15) is 12.8 Å². The lowest BCUT2D eigenvalue weighted by atomic mass is 9.99. The summed E-state index contributed by atoms with van der Waals surface area (Å²) in [4.78, 5) is 4.03. The second kappa shape index (κ2) is 5.99. The highest BCUT2D eigenvalue weighted by molar-refractivity contribution is 6.00. The van der Waals surface area contributed by atoms with Crippen LogP contribution in [-0.2, 0) is 0 Å². The summed E-state index contributed by atoms with van der Waals surface area (Å²) in [6.45, 7) is 0.275. The largest absolute Gasteiger partial charge is 0.506 e. The van der Waals surface area contributed by atoms with Crippen molar-refractivity contribution < 1.29 is 18.6 Å². The maximum Gasteiger partial charge on any atom is 0.251 e. The highest BCUT2D eigenvalue weighted by Crippen LogP contribution is 2.50. The number of aromatic hydroxyl groups is 1. The van der Waals surface area contributed by atoms with Gasteiger partial charge in [-0.25, -0.2) is 8.78 Å². The number of ether oxygens (including phenoxy) is 1. The number of rotatable bonds is 5. The van der Waals surface area contributed by atoms with Crippen molar-refractivity contribution in [2.75, 3.05) is 6.61 Å². The molecule has 0 radical (unpaired) electrons. The third-order valence-electron chi connectivity index (χ3n) is 4.60. The molecular weight excluding hydrogens is 324 g/mol. The molecule has 0 spiro atoms. The smallest absolute Gasteiger partial charge is 0.251 e. The Bertz CT molecular complexity index is 926. The van der Waals surface area contributed by atoms with Crippen LogP contribution in [0.25, 0.3) is 21.9 Å². The summed E-state index contributed by atoms with van der Waals surface area (Å²) in [5.41, 5.74) is 1.74. The average molecular weight is 341 g/mol. The molecule has 1 aliphatic rings. The molecule has 1 aromatic heterocycles. The predicted octanol–water partition coefficient (Wildman–Crippen LogP) is 5.03. The number of hydrogen-bond acceptors (Lipinski definition) is 3. The number of alkyl halides is 2. The van der Waals surface area contributed by atoms with Gasteiger partial charge in [0.1, 0.15) is 11.5 Å². The van der Waals surface area contributed by atoms with E-state index < -0.39 is 11.8 Å². The van der Waals surface area contributed by atoms with Crippen molar-refractivity contribution in [1.82, 2.24) is 4.98 Å². The molecule has 0 aliphatic heterocycles. The fraction of sp³-hybridized carbons (Fsp3) is 0.250. The molecule has 3 nitrogen and oxygen atoms in total. The minimum absolute atomic E-state index is 0.0272. The summed E-state index contributed by atoms with van der Waals surface area (Å²) < 4.78 is 31.7. The van der Waals surface area contributed by atoms with Gasteiger partial charge in [0, 0.05) is 29.5 Å². The van der Waals surface area contributed by atoms with Crippen LogP contribution in [0.2, 0.25) is 0 Å². The summed E-state index contributed by atoms with van der Waals surface area (Å²) in [6.07, 6.45) is 3.41. The van der Waals surface area contributed by atoms with E-state index in [1.54, 1.807) is 12.3 Å². The SMILES string of the molecule is Oc1cncc(-c2ccc(OCCC3CC3(F)F)c3ccccc23)c1. The van der Waals surface area contributed by atoms with Gasteiger partial charge in [0.15, 0.2) is 0 Å². The molecule has 1 fully saturated rings. The Morgan fingerprint density at radius 1 is 1.12 bits per heavy atom. The zero-order valence-corrected chi connectivity index (χ0v) is 13.5. The maximum absolute atomic E-state index is 13.0. The maximum atomic E-state index is 13.0. The lowest BCUT2D eigenvalue weighted by Crippen LogP contribution is -2.03. The molecule has 1 atom stereocenters. The summed E-state index contributed by atoms with van der Waals surface area (Å²) in [7, 11) is 0. The molecule has 1 heterocycles. The van der Waals surface area contributed by atoms with Crippen LogP contribution < -0.4 is 4.74 Å². The van der Waals surface area contributed by atoms with E-state index in [0.29, 0.717) is 12.2 Å². The van der Waals surface area contributed by atoms with Gasteiger partial charge in [0.25, 0.3) is 5.92 Å². The molecule has 0 bridgehead atoms. The first-order valence-electron chi connectivity index (χ1n) is 8.21. The number of fused-ring (bicyclic) bond motifs is 1. The molecular formula is C20H17F2NO2. The van der Waals surface area contributed by atoms with Crippen molar-refractivity contribution >= 4 is 10.8 Å². The minimum Gasteiger partial charge on any atom is -0.506 e. The van der Waals surface area contributed by atoms with E-state index in [0.717, 1.165) is 21.9 Å². The zero-order valence-electron chi connectivity index (χ0n) is 13.5. The molecule has 0 amide bonds. The summed E-state index contributed by atoms with van der Waals surface area (Å²) >= 11 is 0. The topological polar surface area (TPSA) is 42.4 Å². The van der Waals surface area contributed by atoms with Gasteiger partial charge in [-0.3, -0.25) is 4.98 Å². The fourth-order valence-electron chi connectivity index (χ4n) is 3.12. The van der Waals surface area contributed by atoms with Crippen molar-refractivity contribution in [3.8, 4) is 22.6 Å². The summed E-state index contributed by atoms with van der Waals surface area (Å²) in [5, 5.41) is 11.5. The molecule has 1 aliphatic carbocycles. The van der Waals surface area contributed by atoms with E-state index in [-0.39, 0.29) is 18.8 Å². The molecule has 25 heavy (non-hydrogen) atoms. The van der Waals surface area contributed by atoms with Crippen molar-refractivity contribution in [3.05, 3.63) is 54.9 Å². The Morgan fingerprint density at radius 2 is 1.88 bits per heavy atom. The van der Waals surface area contributed by atoms with Crippen LogP contribution in [0.3, 0.4) is 0 Å². The Balaban J connectivity index is 1.63. The Labute approximate surface area is 143 Å². The van der Waals surface area contributed by atoms with Gasteiger partial charge >= 0.3 is 0 Å². The van der Waals surface area contributed by atoms with Crippen LogP contribution in [0.4, 0.5) is 8.78 Å². The Hall–Kier alpha value is -2.69. The summed E-state index contributed by atoms with van der Waals surface area (Å²) in [6, 6.07) is 13.1. The van der Waals surface area contributed by atoms with E-state index >= 15 is 0 Å². The normalized spacial score (nSPS) is 18.2. The molecule has 2 aromatic carbocycles. The second-order valence-electron chi connectivity index (χ2n) is 6.39. The second-order valence-corrected chi connectivity index (χ2v) is 6.39. The molecule has 128 valence electrons. The number of halogens is 2. The fourth-order valence-corrected chi connectivity index (χ4v) is 3.12. The number of nitrogens with zero attached hydrogens (tertiary/aromatic N) is 1. The van der Waals surface area contributed by atoms with Crippen molar-refractivity contribution in [2.24, 2.45) is 5.92 Å². The highest BCUT2D eigenvalue weighted by atomic mass is 19.3. The predicted molar refractivity (Wildman–Crippen MR) is 92.0 cm³/mol. The quantitative estimate of drug-likeness (QED) is 0.707. The Morgan fingerprint density at radius 3 is 2.60 bits per heavy atom. The van der Waals surface area contributed by atoms with Crippen LogP contribution in [0.15, 0.2) is 54.9 Å². The Kier molecular flexibility index (Phi) is 3.79. The highest BCUT2D eigenvalue weighted by Gasteiger charge is 2.56. The van der Waals surface area contributed by atoms with Gasteiger partial charge in [-0.2, -0.15) is 0 Å². The van der Waals surface area contributed by atoms with Crippen molar-refractivity contribution in [3.63, 3.8) is 0 Å². The number of aromatic nitrogens is 1. The molecule has 0 saturated heterocycles. The van der Waals surface area contributed by atoms with E-state index in [2.05, 4.69) is 4.98 Å². The van der Waals surface area contributed by atoms with E-state index in [1.165, 1.54) is 6.20 Å². The van der Waals surface area contributed by atoms with Gasteiger partial charge in [-0.05, 0) is 35.6 Å². The van der Waals surface area contributed by atoms with Gasteiger partial charge in [-0.15, -0.1) is 0 Å². The van der Waals surface area contributed by atoms with Gasteiger partial charge in [0.05, 0.1) is 12.8 Å². The first-order chi connectivity index (χ1) is 12.0. The zero-order chi connectivity index (χ0) is 17.4. The van der Waals surface area contributed by atoms with E-state index in [1.807, 2.05) is 36.4 Å². The summed E-state index contributed by atoms with van der Waals surface area (Å²) in [5.74, 6) is -2.27. The molecule has 1 unspecified atom stereocenters. The van der Waals surface area contributed by atoms with Gasteiger partial charge in [-0.1, -0.05) is 24.3 Å². The molecule has 5 heteroatoms. The van der Waals surface area contributed by atoms with Gasteiger partial charge in [0.2, 0.25) is 0 Å². The standard InChI is InChI=1S/C20H17F2NO2/c21-20(22)10-14(20)7-8-25-19-6-5-16(13-9-15(24)12-23-11-13)17-3-1-2-4-18(17)19/h1-6,9,11-12,14,24H,7-8,10H2. The van der Waals surface area contributed by atoms with Crippen LogP contribution in [0, 0.1) is 5.92 Å². The average Bonchev–Trinajstić information content (AvgIpc) is 3.21. The van der Waals surface area contributed by atoms with E-state index in [4.69, 9.17) is 4.74 Å². The molecule has 3 aromatic rings. The van der Waals surface area contributed by atoms with Crippen molar-refractivity contribution in [2.45, 2.75) is 18.8 Å². The third kappa shape index (κ3) is 3.14. The number of benzene rings is 2. The van der Waals surface area contributed by atoms with Crippen molar-refractivity contribution in [1.29, 1.82) is 0 Å². The molecule has 1 saturated carbocycles. The van der Waals surface area contributed by atoms with Gasteiger partial charge < -0.3 is 9.84 Å². The van der Waals surface area contributed by atoms with E-state index in [9.17, 15) is 13.9 Å². The first-order valence-corrected chi connectivity index (χ1v) is 8.21. The monoisotopic (exact) mass is 341 g/mol. The third-order valence-corrected chi connectivity index (χ3v) is 4.60. The minimum atomic E-state index is -2.50.